The first-order chi connectivity index (χ1) is 72.9. The lowest BCUT2D eigenvalue weighted by Gasteiger charge is -2.18. The maximum Gasteiger partial charge on any atom is 0.0701 e. The van der Waals surface area contributed by atoms with E-state index in [2.05, 4.69) is 514 Å². The minimum Gasteiger partial charge on any atom is -0.309 e. The second-order valence-corrected chi connectivity index (χ2v) is 38.6. The predicted molar refractivity (Wildman–Crippen MR) is 621 cm³/mol. The lowest BCUT2D eigenvalue weighted by Crippen LogP contribution is -1.94. The van der Waals surface area contributed by atoms with Crippen LogP contribution in [0.15, 0.2) is 534 Å². The van der Waals surface area contributed by atoms with E-state index in [-0.39, 0.29) is 0 Å². The highest BCUT2D eigenvalue weighted by atomic mass is 15.0. The molecule has 0 radical (unpaired) electrons. The van der Waals surface area contributed by atoms with Crippen molar-refractivity contribution in [1.29, 1.82) is 0 Å². The highest BCUT2D eigenvalue weighted by Crippen LogP contribution is 2.51. The molecule has 31 aromatic rings. The third kappa shape index (κ3) is 14.0. The van der Waals surface area contributed by atoms with Gasteiger partial charge in [0.25, 0.3) is 0 Å². The van der Waals surface area contributed by atoms with E-state index in [0.29, 0.717) is 0 Å². The van der Waals surface area contributed by atoms with Crippen LogP contribution in [-0.2, 0) is 0 Å². The molecule has 6 heteroatoms. The van der Waals surface area contributed by atoms with Crippen molar-refractivity contribution >= 4 is 162 Å². The number of hydrogen-bond donors (Lipinski definition) is 0. The first kappa shape index (κ1) is 84.4. The van der Waals surface area contributed by atoms with Crippen LogP contribution in [0.1, 0.15) is 0 Å². The van der Waals surface area contributed by atoms with E-state index in [1.807, 2.05) is 49.2 Å². The Morgan fingerprint density at radius 1 is 0.136 bits per heavy atom. The van der Waals surface area contributed by atoms with Gasteiger partial charge in [0.15, 0.2) is 0 Å². The second kappa shape index (κ2) is 34.7. The minimum atomic E-state index is 0.989. The molecular weight excluding hydrogens is 1780 g/mol. The van der Waals surface area contributed by atoms with Crippen LogP contribution in [-0.4, -0.2) is 28.7 Å². The monoisotopic (exact) mass is 1860 g/mol. The molecule has 0 spiro atoms. The van der Waals surface area contributed by atoms with Gasteiger partial charge in [0, 0.05) is 91.5 Å². The Balaban J connectivity index is 0.000000104. The molecular formula is C141H88N6. The van der Waals surface area contributed by atoms with Gasteiger partial charge in [0.05, 0.1) is 38.8 Å². The first-order valence-electron chi connectivity index (χ1n) is 50.5. The Kier molecular flexibility index (Phi) is 19.9. The number of fused-ring (bicyclic) bond motifs is 9. The lowest BCUT2D eigenvalue weighted by molar-refractivity contribution is 1.18. The molecule has 0 aliphatic carbocycles. The Morgan fingerprint density at radius 3 is 0.803 bits per heavy atom. The number of aromatic nitrogens is 6. The molecule has 0 amide bonds. The molecule has 0 atom stereocenters. The van der Waals surface area contributed by atoms with E-state index in [1.165, 1.54) is 274 Å². The molecule has 0 aliphatic heterocycles. The van der Waals surface area contributed by atoms with Gasteiger partial charge in [-0.05, 0) is 295 Å². The molecule has 0 saturated carbocycles. The molecule has 6 nitrogen and oxygen atoms in total. The quantitative estimate of drug-likeness (QED) is 0.108. The van der Waals surface area contributed by atoms with E-state index < -0.39 is 0 Å². The zero-order valence-corrected chi connectivity index (χ0v) is 80.0. The van der Waals surface area contributed by atoms with Gasteiger partial charge in [0.1, 0.15) is 0 Å². The van der Waals surface area contributed by atoms with Crippen LogP contribution < -0.4 is 0 Å². The summed E-state index contributed by atoms with van der Waals surface area (Å²) in [6.07, 6.45) is 9.37. The zero-order valence-electron chi connectivity index (χ0n) is 80.0. The second-order valence-electron chi connectivity index (χ2n) is 38.6. The average Bonchev–Trinajstić information content (AvgIpc) is 1.40. The minimum absolute atomic E-state index is 0.989. The smallest absolute Gasteiger partial charge is 0.0701 e. The van der Waals surface area contributed by atoms with Crippen molar-refractivity contribution in [2.45, 2.75) is 0 Å². The number of rotatable bonds is 13. The molecule has 147 heavy (non-hydrogen) atoms. The molecule has 25 aromatic carbocycles. The van der Waals surface area contributed by atoms with E-state index >= 15 is 0 Å². The number of benzene rings is 25. The van der Waals surface area contributed by atoms with Crippen molar-refractivity contribution in [3.8, 4) is 128 Å². The molecule has 0 bridgehead atoms. The van der Waals surface area contributed by atoms with Gasteiger partial charge in [-0.15, -0.1) is 0 Å². The predicted octanol–water partition coefficient (Wildman–Crippen LogP) is 37.9. The topological polar surface area (TPSA) is 53.5 Å². The van der Waals surface area contributed by atoms with Crippen LogP contribution in [0, 0.1) is 0 Å². The molecule has 0 saturated heterocycles. The third-order valence-electron chi connectivity index (χ3n) is 30.8. The van der Waals surface area contributed by atoms with E-state index in [1.54, 1.807) is 0 Å². The fraction of sp³-hybridized carbons (Fsp3) is 0. The summed E-state index contributed by atoms with van der Waals surface area (Å²) in [7, 11) is 0. The summed E-state index contributed by atoms with van der Waals surface area (Å²) in [6, 6.07) is 184. The Bertz CT molecular complexity index is 10100. The van der Waals surface area contributed by atoms with Crippen LogP contribution in [0.3, 0.4) is 0 Å². The third-order valence-corrected chi connectivity index (χ3v) is 30.8. The summed E-state index contributed by atoms with van der Waals surface area (Å²) < 4.78 is 7.14. The summed E-state index contributed by atoms with van der Waals surface area (Å²) in [4.78, 5) is 13.2. The summed E-state index contributed by atoms with van der Waals surface area (Å²) in [5.41, 5.74) is 34.9. The first-order valence-corrected chi connectivity index (χ1v) is 50.5. The van der Waals surface area contributed by atoms with Gasteiger partial charge in [-0.25, -0.2) is 0 Å². The van der Waals surface area contributed by atoms with Crippen molar-refractivity contribution in [2.24, 2.45) is 0 Å². The van der Waals surface area contributed by atoms with Crippen molar-refractivity contribution in [3.05, 3.63) is 534 Å². The molecule has 682 valence electrons. The van der Waals surface area contributed by atoms with Crippen molar-refractivity contribution in [3.63, 3.8) is 0 Å². The van der Waals surface area contributed by atoms with E-state index in [0.717, 1.165) is 16.8 Å². The van der Waals surface area contributed by atoms with Crippen LogP contribution in [0.25, 0.3) is 291 Å². The van der Waals surface area contributed by atoms with Crippen molar-refractivity contribution in [1.82, 2.24) is 28.7 Å². The van der Waals surface area contributed by atoms with Gasteiger partial charge in [-0.1, -0.05) is 400 Å². The summed E-state index contributed by atoms with van der Waals surface area (Å²) in [5.74, 6) is 0. The molecule has 6 heterocycles. The van der Waals surface area contributed by atoms with Crippen molar-refractivity contribution in [2.75, 3.05) is 0 Å². The summed E-state index contributed by atoms with van der Waals surface area (Å²) in [6.45, 7) is 0. The molecule has 0 aliphatic rings. The highest BCUT2D eigenvalue weighted by Gasteiger charge is 2.25. The summed E-state index contributed by atoms with van der Waals surface area (Å²) >= 11 is 0. The van der Waals surface area contributed by atoms with Crippen LogP contribution in [0.5, 0.6) is 0 Å². The Hall–Kier alpha value is -19.5. The number of pyridine rings is 3. The standard InChI is InChI=1S/C51H32N2.2C45H28N2/c1-2-8-40(9-3-1)53-48-12-5-4-10-43(48)44-28-25-39(32-49(44)53)33-13-15-34(16-14-33)41-26-21-37-24-30-46-42(27-22-38-23-29-45(41)50(37)51(38)46)35-17-19-36(20-18-35)47-11-6-7-31-52-47;1-2-10-36(34(9-1)32-8-7-27-46-28-32)37-24-18-31-19-25-40-35(23-17-30-20-26-41(37)45(31)44(30)40)29-15-21-33(22-16-29)47-42-13-5-3-11-38(42)39-12-4-6-14-43(39)47;1-2-8-36(34(7-1)30-25-27-46-28-26-30)37-22-16-32-17-23-40-35(21-15-31-18-24-41(37)45(32)44(31)40)29-13-19-33(20-14-29)47-42-11-5-3-9-38(42)39-10-4-6-12-43(39)47/h1-32H;2*1-28H. The van der Waals surface area contributed by atoms with Crippen molar-refractivity contribution < 1.29 is 0 Å². The maximum atomic E-state index is 4.54. The van der Waals surface area contributed by atoms with Gasteiger partial charge < -0.3 is 13.7 Å². The molecule has 31 rings (SSSR count). The largest absolute Gasteiger partial charge is 0.309 e. The SMILES string of the molecule is c1ccc(-c2ccc3ccc4c(-c5ccc(-n6c7ccccc7c7ccccc76)cc5)ccc5ccc2c3c54)c(-c2ccncc2)c1.c1ccc(-n2c3ccccc3c3ccc(-c4ccc(-c5ccc6ccc7c(-c8ccc(-c9ccccn9)cc8)ccc8ccc5c6c87)cc4)cc32)cc1.c1cncc(-c2ccccc2-c2ccc3ccc4c(-c5ccc(-n6c7ccccc7c7ccccc76)cc5)ccc5ccc2c3c54)c1. The summed E-state index contributed by atoms with van der Waals surface area (Å²) in [5, 5.41) is 30.9. The van der Waals surface area contributed by atoms with Gasteiger partial charge in [-0.2, -0.15) is 0 Å². The van der Waals surface area contributed by atoms with E-state index in [9.17, 15) is 0 Å². The number of hydrogen-bond acceptors (Lipinski definition) is 3. The average molecular weight is 1870 g/mol. The highest BCUT2D eigenvalue weighted by molar-refractivity contribution is 6.31. The Labute approximate surface area is 847 Å². The normalized spacial score (nSPS) is 11.8. The van der Waals surface area contributed by atoms with E-state index in [4.69, 9.17) is 0 Å². The van der Waals surface area contributed by atoms with Gasteiger partial charge in [-0.3, -0.25) is 15.0 Å². The fourth-order valence-corrected chi connectivity index (χ4v) is 24.1. The fourth-order valence-electron chi connectivity index (χ4n) is 24.1. The van der Waals surface area contributed by atoms with Crippen LogP contribution in [0.2, 0.25) is 0 Å². The molecule has 0 unspecified atom stereocenters. The molecule has 6 aromatic heterocycles. The number of para-hydroxylation sites is 6. The van der Waals surface area contributed by atoms with Gasteiger partial charge in [0.2, 0.25) is 0 Å². The zero-order chi connectivity index (χ0) is 96.7. The Morgan fingerprint density at radius 2 is 0.422 bits per heavy atom. The van der Waals surface area contributed by atoms with Crippen LogP contribution in [0.4, 0.5) is 0 Å². The lowest BCUT2D eigenvalue weighted by atomic mass is 9.86. The molecule has 0 N–H and O–H groups in total. The molecule has 0 fully saturated rings. The van der Waals surface area contributed by atoms with Crippen LogP contribution >= 0.6 is 0 Å². The van der Waals surface area contributed by atoms with Gasteiger partial charge >= 0.3 is 0 Å². The maximum absolute atomic E-state index is 4.54. The number of nitrogens with zero attached hydrogens (tertiary/aromatic N) is 6.